The lowest BCUT2D eigenvalue weighted by Crippen LogP contribution is -2.46. The van der Waals surface area contributed by atoms with Gasteiger partial charge in [0.1, 0.15) is 0 Å². The Bertz CT molecular complexity index is 299. The molecule has 0 saturated carbocycles. The SMILES string of the molecule is CCN(CCN1C(=O)CNC1=O)C1CCNCC1. The topological polar surface area (TPSA) is 64.7 Å². The monoisotopic (exact) mass is 254 g/mol. The molecule has 2 aliphatic rings. The number of nitrogens with zero attached hydrogens (tertiary/aromatic N) is 2. The lowest BCUT2D eigenvalue weighted by Gasteiger charge is -2.34. The fraction of sp³-hybridized carbons (Fsp3) is 0.833. The molecule has 2 heterocycles. The summed E-state index contributed by atoms with van der Waals surface area (Å²) >= 11 is 0. The summed E-state index contributed by atoms with van der Waals surface area (Å²) in [5.74, 6) is -0.110. The number of imide groups is 1. The van der Waals surface area contributed by atoms with Gasteiger partial charge in [0.25, 0.3) is 0 Å². The molecule has 0 bridgehead atoms. The maximum Gasteiger partial charge on any atom is 0.324 e. The predicted molar refractivity (Wildman–Crippen MR) is 68.3 cm³/mol. The summed E-state index contributed by atoms with van der Waals surface area (Å²) < 4.78 is 0. The van der Waals surface area contributed by atoms with Gasteiger partial charge >= 0.3 is 6.03 Å². The Morgan fingerprint density at radius 3 is 2.61 bits per heavy atom. The number of carbonyl (C=O) groups is 2. The number of hydrogen-bond donors (Lipinski definition) is 2. The van der Waals surface area contributed by atoms with E-state index in [4.69, 9.17) is 0 Å². The minimum atomic E-state index is -0.249. The van der Waals surface area contributed by atoms with Crippen LogP contribution in [-0.2, 0) is 4.79 Å². The Balaban J connectivity index is 1.82. The Labute approximate surface area is 108 Å². The molecule has 0 unspecified atom stereocenters. The van der Waals surface area contributed by atoms with Crippen LogP contribution >= 0.6 is 0 Å². The van der Waals surface area contributed by atoms with Gasteiger partial charge in [0, 0.05) is 19.1 Å². The van der Waals surface area contributed by atoms with E-state index < -0.39 is 0 Å². The van der Waals surface area contributed by atoms with E-state index in [1.165, 1.54) is 4.90 Å². The highest BCUT2D eigenvalue weighted by atomic mass is 16.2. The van der Waals surface area contributed by atoms with Crippen LogP contribution in [0, 0.1) is 0 Å². The van der Waals surface area contributed by atoms with Crippen LogP contribution in [0.2, 0.25) is 0 Å². The van der Waals surface area contributed by atoms with E-state index in [1.807, 2.05) is 0 Å². The quantitative estimate of drug-likeness (QED) is 0.656. The second-order valence-corrected chi connectivity index (χ2v) is 4.81. The number of amides is 3. The van der Waals surface area contributed by atoms with Crippen LogP contribution in [0.5, 0.6) is 0 Å². The molecule has 0 aromatic rings. The number of urea groups is 1. The van der Waals surface area contributed by atoms with Gasteiger partial charge in [-0.3, -0.25) is 14.6 Å². The van der Waals surface area contributed by atoms with Crippen molar-refractivity contribution in [2.24, 2.45) is 0 Å². The van der Waals surface area contributed by atoms with Crippen molar-refractivity contribution in [1.82, 2.24) is 20.4 Å². The summed E-state index contributed by atoms with van der Waals surface area (Å²) in [6, 6.07) is 0.332. The first-order valence-electron chi connectivity index (χ1n) is 6.75. The normalized spacial score (nSPS) is 21.8. The third-order valence-electron chi connectivity index (χ3n) is 3.78. The fourth-order valence-electron chi connectivity index (χ4n) is 2.68. The second kappa shape index (κ2) is 6.15. The van der Waals surface area contributed by atoms with Gasteiger partial charge in [-0.2, -0.15) is 0 Å². The van der Waals surface area contributed by atoms with Gasteiger partial charge in [0.2, 0.25) is 5.91 Å². The van der Waals surface area contributed by atoms with Crippen molar-refractivity contribution in [1.29, 1.82) is 0 Å². The van der Waals surface area contributed by atoms with Gasteiger partial charge in [-0.15, -0.1) is 0 Å². The number of carbonyl (C=O) groups excluding carboxylic acids is 2. The van der Waals surface area contributed by atoms with E-state index in [-0.39, 0.29) is 18.5 Å². The minimum Gasteiger partial charge on any atom is -0.329 e. The van der Waals surface area contributed by atoms with Crippen LogP contribution in [0.25, 0.3) is 0 Å². The zero-order chi connectivity index (χ0) is 13.0. The molecule has 0 aromatic carbocycles. The van der Waals surface area contributed by atoms with Gasteiger partial charge in [-0.1, -0.05) is 6.92 Å². The molecular weight excluding hydrogens is 232 g/mol. The van der Waals surface area contributed by atoms with Crippen LogP contribution in [0.1, 0.15) is 19.8 Å². The van der Waals surface area contributed by atoms with Crippen molar-refractivity contribution in [3.05, 3.63) is 0 Å². The number of rotatable bonds is 5. The Hall–Kier alpha value is -1.14. The van der Waals surface area contributed by atoms with Crippen molar-refractivity contribution in [2.45, 2.75) is 25.8 Å². The average Bonchev–Trinajstić information content (AvgIpc) is 2.72. The summed E-state index contributed by atoms with van der Waals surface area (Å²) in [4.78, 5) is 26.6. The molecule has 2 aliphatic heterocycles. The van der Waals surface area contributed by atoms with E-state index in [0.29, 0.717) is 12.6 Å². The molecule has 102 valence electrons. The van der Waals surface area contributed by atoms with E-state index in [1.54, 1.807) is 0 Å². The zero-order valence-electron chi connectivity index (χ0n) is 10.9. The van der Waals surface area contributed by atoms with Crippen molar-refractivity contribution in [3.8, 4) is 0 Å². The van der Waals surface area contributed by atoms with Gasteiger partial charge in [0.15, 0.2) is 0 Å². The molecular formula is C12H22N4O2. The molecule has 0 atom stereocenters. The molecule has 2 saturated heterocycles. The Kier molecular flexibility index (Phi) is 4.54. The van der Waals surface area contributed by atoms with Crippen LogP contribution < -0.4 is 10.6 Å². The average molecular weight is 254 g/mol. The first-order valence-corrected chi connectivity index (χ1v) is 6.75. The Morgan fingerprint density at radius 2 is 2.06 bits per heavy atom. The van der Waals surface area contributed by atoms with Crippen LogP contribution in [0.4, 0.5) is 4.79 Å². The van der Waals surface area contributed by atoms with Gasteiger partial charge in [0.05, 0.1) is 6.54 Å². The van der Waals surface area contributed by atoms with Crippen molar-refractivity contribution in [2.75, 3.05) is 39.3 Å². The van der Waals surface area contributed by atoms with E-state index in [9.17, 15) is 9.59 Å². The standard InChI is InChI=1S/C12H22N4O2/c1-2-15(10-3-5-13-6-4-10)7-8-16-11(17)9-14-12(16)18/h10,13H,2-9H2,1H3,(H,14,18). The number of hydrogen-bond acceptors (Lipinski definition) is 4. The van der Waals surface area contributed by atoms with Crippen molar-refractivity contribution in [3.63, 3.8) is 0 Å². The smallest absolute Gasteiger partial charge is 0.324 e. The van der Waals surface area contributed by atoms with E-state index in [0.717, 1.165) is 39.0 Å². The summed E-state index contributed by atoms with van der Waals surface area (Å²) in [5.41, 5.74) is 0. The molecule has 6 heteroatoms. The lowest BCUT2D eigenvalue weighted by atomic mass is 10.0. The largest absolute Gasteiger partial charge is 0.329 e. The Morgan fingerprint density at radius 1 is 1.33 bits per heavy atom. The van der Waals surface area contributed by atoms with Gasteiger partial charge in [-0.25, -0.2) is 4.79 Å². The van der Waals surface area contributed by atoms with Gasteiger partial charge in [-0.05, 0) is 32.5 Å². The molecule has 18 heavy (non-hydrogen) atoms. The molecule has 2 fully saturated rings. The maximum atomic E-state index is 11.5. The highest BCUT2D eigenvalue weighted by molar-refractivity contribution is 6.01. The molecule has 0 aromatic heterocycles. The number of nitrogens with one attached hydrogen (secondary N) is 2. The van der Waals surface area contributed by atoms with Crippen LogP contribution in [-0.4, -0.2) is 67.0 Å². The number of piperidine rings is 1. The minimum absolute atomic E-state index is 0.110. The molecule has 2 rings (SSSR count). The highest BCUT2D eigenvalue weighted by Crippen LogP contribution is 2.11. The molecule has 2 N–H and O–H groups in total. The summed E-state index contributed by atoms with van der Waals surface area (Å²) in [6.45, 7) is 6.65. The first-order chi connectivity index (χ1) is 8.72. The fourth-order valence-corrected chi connectivity index (χ4v) is 2.68. The van der Waals surface area contributed by atoms with Crippen LogP contribution in [0.15, 0.2) is 0 Å². The van der Waals surface area contributed by atoms with E-state index >= 15 is 0 Å². The third kappa shape index (κ3) is 3.00. The van der Waals surface area contributed by atoms with Crippen molar-refractivity contribution < 1.29 is 9.59 Å². The number of likely N-dealkylation sites (N-methyl/N-ethyl adjacent to an activating group) is 1. The molecule has 6 nitrogen and oxygen atoms in total. The maximum absolute atomic E-state index is 11.5. The van der Waals surface area contributed by atoms with E-state index in [2.05, 4.69) is 22.5 Å². The van der Waals surface area contributed by atoms with Crippen LogP contribution in [0.3, 0.4) is 0 Å². The third-order valence-corrected chi connectivity index (χ3v) is 3.78. The summed E-state index contributed by atoms with van der Waals surface area (Å²) in [6.07, 6.45) is 2.29. The molecule has 0 aliphatic carbocycles. The summed E-state index contributed by atoms with van der Waals surface area (Å²) in [5, 5.41) is 5.90. The van der Waals surface area contributed by atoms with Gasteiger partial charge < -0.3 is 10.6 Å². The molecule has 3 amide bonds. The summed E-state index contributed by atoms with van der Waals surface area (Å²) in [7, 11) is 0. The molecule has 0 spiro atoms. The second-order valence-electron chi connectivity index (χ2n) is 4.81. The highest BCUT2D eigenvalue weighted by Gasteiger charge is 2.29. The lowest BCUT2D eigenvalue weighted by molar-refractivity contribution is -0.125. The predicted octanol–water partition coefficient (Wildman–Crippen LogP) is -0.388. The molecule has 0 radical (unpaired) electrons. The van der Waals surface area contributed by atoms with Crippen molar-refractivity contribution >= 4 is 11.9 Å². The first kappa shape index (κ1) is 13.3. The zero-order valence-corrected chi connectivity index (χ0v) is 10.9.